The lowest BCUT2D eigenvalue weighted by Crippen LogP contribution is -2.34. The van der Waals surface area contributed by atoms with Crippen LogP contribution in [0.3, 0.4) is 0 Å². The fraction of sp³-hybridized carbons (Fsp3) is 1.00. The van der Waals surface area contributed by atoms with Crippen molar-refractivity contribution in [2.45, 2.75) is 45.2 Å². The van der Waals surface area contributed by atoms with Crippen LogP contribution in [0.2, 0.25) is 0 Å². The minimum Gasteiger partial charge on any atom is -0.314 e. The molecule has 84 valence electrons. The number of rotatable bonds is 5. The van der Waals surface area contributed by atoms with Crippen molar-refractivity contribution in [2.75, 3.05) is 12.3 Å². The maximum Gasteiger partial charge on any atom is 0.211 e. The van der Waals surface area contributed by atoms with Gasteiger partial charge in [-0.25, -0.2) is 13.1 Å². The Morgan fingerprint density at radius 1 is 1.50 bits per heavy atom. The second kappa shape index (κ2) is 5.09. The van der Waals surface area contributed by atoms with Gasteiger partial charge in [0.25, 0.3) is 0 Å². The fourth-order valence-corrected chi connectivity index (χ4v) is 3.15. The van der Waals surface area contributed by atoms with Gasteiger partial charge in [-0.1, -0.05) is 0 Å². The zero-order chi connectivity index (χ0) is 10.6. The highest BCUT2D eigenvalue weighted by molar-refractivity contribution is 7.89. The Labute approximate surface area is 86.5 Å². The molecule has 0 aromatic heterocycles. The number of nitrogens with one attached hydrogen (secondary N) is 2. The van der Waals surface area contributed by atoms with E-state index < -0.39 is 10.0 Å². The van der Waals surface area contributed by atoms with Gasteiger partial charge in [0.1, 0.15) is 0 Å². The molecule has 0 amide bonds. The van der Waals surface area contributed by atoms with E-state index in [1.54, 1.807) is 0 Å². The molecular formula is C9H20N2O2S. The normalized spacial score (nSPS) is 23.2. The van der Waals surface area contributed by atoms with Crippen molar-refractivity contribution >= 4 is 10.0 Å². The van der Waals surface area contributed by atoms with E-state index in [-0.39, 0.29) is 11.8 Å². The minimum atomic E-state index is -3.06. The van der Waals surface area contributed by atoms with E-state index in [0.29, 0.717) is 6.04 Å². The molecule has 1 aliphatic heterocycles. The van der Waals surface area contributed by atoms with Crippen LogP contribution < -0.4 is 10.0 Å². The molecule has 2 N–H and O–H groups in total. The van der Waals surface area contributed by atoms with Gasteiger partial charge in [-0.3, -0.25) is 0 Å². The average Bonchev–Trinajstić information content (AvgIpc) is 2.50. The summed E-state index contributed by atoms with van der Waals surface area (Å²) in [7, 11) is -3.06. The van der Waals surface area contributed by atoms with E-state index >= 15 is 0 Å². The lowest BCUT2D eigenvalue weighted by molar-refractivity contribution is 0.546. The van der Waals surface area contributed by atoms with Gasteiger partial charge in [0.2, 0.25) is 10.0 Å². The predicted molar refractivity (Wildman–Crippen MR) is 57.7 cm³/mol. The van der Waals surface area contributed by atoms with Gasteiger partial charge in [0, 0.05) is 12.1 Å². The van der Waals surface area contributed by atoms with Crippen LogP contribution in [0.15, 0.2) is 0 Å². The first kappa shape index (κ1) is 11.9. The van der Waals surface area contributed by atoms with Crippen molar-refractivity contribution in [3.63, 3.8) is 0 Å². The van der Waals surface area contributed by atoms with Crippen LogP contribution in [0.4, 0.5) is 0 Å². The summed E-state index contributed by atoms with van der Waals surface area (Å²) in [4.78, 5) is 0. The summed E-state index contributed by atoms with van der Waals surface area (Å²) in [6.07, 6.45) is 3.00. The summed E-state index contributed by atoms with van der Waals surface area (Å²) < 4.78 is 25.5. The Morgan fingerprint density at radius 3 is 2.71 bits per heavy atom. The summed E-state index contributed by atoms with van der Waals surface area (Å²) >= 11 is 0. The molecule has 14 heavy (non-hydrogen) atoms. The smallest absolute Gasteiger partial charge is 0.211 e. The standard InChI is InChI=1S/C9H20N2O2S/c1-8(2)11-14(12,13)7-5-9-4-3-6-10-9/h8-11H,3-7H2,1-2H3/t9-/m0/s1. The Kier molecular flexibility index (Phi) is 4.34. The Bertz CT molecular complexity index is 256. The monoisotopic (exact) mass is 220 g/mol. The zero-order valence-electron chi connectivity index (χ0n) is 8.91. The predicted octanol–water partition coefficient (Wildman–Crippen LogP) is 0.456. The van der Waals surface area contributed by atoms with Crippen LogP contribution in [0.1, 0.15) is 33.1 Å². The SMILES string of the molecule is CC(C)NS(=O)(=O)CC[C@@H]1CCCN1. The maximum atomic E-state index is 11.5. The third-order valence-electron chi connectivity index (χ3n) is 2.31. The number of hydrogen-bond acceptors (Lipinski definition) is 3. The van der Waals surface area contributed by atoms with Crippen molar-refractivity contribution < 1.29 is 8.42 Å². The summed E-state index contributed by atoms with van der Waals surface area (Å²) in [5.74, 6) is 0.239. The first-order chi connectivity index (χ1) is 6.49. The van der Waals surface area contributed by atoms with E-state index in [1.807, 2.05) is 13.8 Å². The number of hydrogen-bond donors (Lipinski definition) is 2. The lowest BCUT2D eigenvalue weighted by atomic mass is 10.2. The molecule has 0 bridgehead atoms. The highest BCUT2D eigenvalue weighted by Gasteiger charge is 2.18. The van der Waals surface area contributed by atoms with Crippen LogP contribution in [-0.4, -0.2) is 32.8 Å². The summed E-state index contributed by atoms with van der Waals surface area (Å²) in [5, 5.41) is 3.29. The molecule has 5 heteroatoms. The molecule has 1 aliphatic rings. The maximum absolute atomic E-state index is 11.5. The molecule has 1 heterocycles. The van der Waals surface area contributed by atoms with Gasteiger partial charge in [0.05, 0.1) is 5.75 Å². The Morgan fingerprint density at radius 2 is 2.21 bits per heavy atom. The zero-order valence-corrected chi connectivity index (χ0v) is 9.73. The van der Waals surface area contributed by atoms with Gasteiger partial charge in [0.15, 0.2) is 0 Å². The molecular weight excluding hydrogens is 200 g/mol. The molecule has 0 aromatic carbocycles. The quantitative estimate of drug-likeness (QED) is 0.707. The second-order valence-corrected chi connectivity index (χ2v) is 6.05. The van der Waals surface area contributed by atoms with E-state index in [2.05, 4.69) is 10.0 Å². The minimum absolute atomic E-state index is 0.00321. The third kappa shape index (κ3) is 4.39. The van der Waals surface area contributed by atoms with E-state index in [0.717, 1.165) is 19.4 Å². The molecule has 0 unspecified atom stereocenters. The van der Waals surface area contributed by atoms with Crippen LogP contribution >= 0.6 is 0 Å². The fourth-order valence-electron chi connectivity index (χ4n) is 1.72. The van der Waals surface area contributed by atoms with E-state index in [4.69, 9.17) is 0 Å². The molecule has 0 aromatic rings. The molecule has 1 rings (SSSR count). The van der Waals surface area contributed by atoms with Crippen molar-refractivity contribution in [1.82, 2.24) is 10.0 Å². The van der Waals surface area contributed by atoms with Crippen LogP contribution in [0.5, 0.6) is 0 Å². The summed E-state index contributed by atoms with van der Waals surface area (Å²) in [5.41, 5.74) is 0. The van der Waals surface area contributed by atoms with Gasteiger partial charge in [-0.05, 0) is 39.7 Å². The molecule has 0 radical (unpaired) electrons. The first-order valence-electron chi connectivity index (χ1n) is 5.23. The molecule has 1 saturated heterocycles. The lowest BCUT2D eigenvalue weighted by Gasteiger charge is -2.12. The second-order valence-electron chi connectivity index (χ2n) is 4.17. The molecule has 1 atom stereocenters. The topological polar surface area (TPSA) is 58.2 Å². The number of sulfonamides is 1. The van der Waals surface area contributed by atoms with Gasteiger partial charge < -0.3 is 5.32 Å². The average molecular weight is 220 g/mol. The van der Waals surface area contributed by atoms with E-state index in [9.17, 15) is 8.42 Å². The van der Waals surface area contributed by atoms with Gasteiger partial charge in [-0.2, -0.15) is 0 Å². The first-order valence-corrected chi connectivity index (χ1v) is 6.88. The Hall–Kier alpha value is -0.130. The summed E-state index contributed by atoms with van der Waals surface area (Å²) in [6, 6.07) is 0.398. The van der Waals surface area contributed by atoms with Crippen molar-refractivity contribution in [2.24, 2.45) is 0 Å². The van der Waals surface area contributed by atoms with Gasteiger partial charge >= 0.3 is 0 Å². The summed E-state index contributed by atoms with van der Waals surface area (Å²) in [6.45, 7) is 4.71. The molecule has 0 aliphatic carbocycles. The largest absolute Gasteiger partial charge is 0.314 e. The molecule has 1 fully saturated rings. The van der Waals surface area contributed by atoms with Crippen LogP contribution in [0.25, 0.3) is 0 Å². The Balaban J connectivity index is 2.28. The van der Waals surface area contributed by atoms with Crippen molar-refractivity contribution in [3.8, 4) is 0 Å². The van der Waals surface area contributed by atoms with Crippen molar-refractivity contribution in [3.05, 3.63) is 0 Å². The van der Waals surface area contributed by atoms with E-state index in [1.165, 1.54) is 6.42 Å². The van der Waals surface area contributed by atoms with Gasteiger partial charge in [-0.15, -0.1) is 0 Å². The third-order valence-corrected chi connectivity index (χ3v) is 3.92. The molecule has 4 nitrogen and oxygen atoms in total. The van der Waals surface area contributed by atoms with Crippen molar-refractivity contribution in [1.29, 1.82) is 0 Å². The highest BCUT2D eigenvalue weighted by atomic mass is 32.2. The van der Waals surface area contributed by atoms with Crippen LogP contribution in [-0.2, 0) is 10.0 Å². The highest BCUT2D eigenvalue weighted by Crippen LogP contribution is 2.09. The molecule has 0 spiro atoms. The van der Waals surface area contributed by atoms with Crippen LogP contribution in [0, 0.1) is 0 Å². The molecule has 0 saturated carbocycles.